The van der Waals surface area contributed by atoms with Crippen LogP contribution in [0.5, 0.6) is 0 Å². The zero-order valence-electron chi connectivity index (χ0n) is 9.05. The van der Waals surface area contributed by atoms with Crippen molar-refractivity contribution in [2.24, 2.45) is 17.7 Å². The number of hydrogen-bond acceptors (Lipinski definition) is 2. The molecule has 0 heterocycles. The van der Waals surface area contributed by atoms with Crippen LogP contribution in [0.15, 0.2) is 0 Å². The summed E-state index contributed by atoms with van der Waals surface area (Å²) in [4.78, 5) is 0. The Morgan fingerprint density at radius 3 is 2.38 bits per heavy atom. The van der Waals surface area contributed by atoms with E-state index < -0.39 is 0 Å². The molecule has 1 aliphatic rings. The molecule has 3 N–H and O–H groups in total. The highest BCUT2D eigenvalue weighted by atomic mass is 15.2. The van der Waals surface area contributed by atoms with Crippen molar-refractivity contribution in [3.63, 3.8) is 0 Å². The van der Waals surface area contributed by atoms with E-state index in [0.29, 0.717) is 6.04 Å². The molecule has 1 aliphatic carbocycles. The lowest BCUT2D eigenvalue weighted by Crippen LogP contribution is -2.42. The Balaban J connectivity index is 2.32. The van der Waals surface area contributed by atoms with E-state index in [1.165, 1.54) is 38.5 Å². The first-order valence-corrected chi connectivity index (χ1v) is 5.74. The normalized spacial score (nSPS) is 31.6. The molecule has 78 valence electrons. The molecular formula is C11H24N2. The van der Waals surface area contributed by atoms with Gasteiger partial charge in [0.1, 0.15) is 0 Å². The van der Waals surface area contributed by atoms with Crippen molar-refractivity contribution >= 4 is 0 Å². The molecule has 13 heavy (non-hydrogen) atoms. The highest BCUT2D eigenvalue weighted by Crippen LogP contribution is 2.31. The smallest absolute Gasteiger partial charge is 0.0238 e. The van der Waals surface area contributed by atoms with Gasteiger partial charge in [0.25, 0.3) is 0 Å². The summed E-state index contributed by atoms with van der Waals surface area (Å²) in [7, 11) is 0. The van der Waals surface area contributed by atoms with Gasteiger partial charge >= 0.3 is 0 Å². The standard InChI is InChI=1S/C11H24N2/c1-3-4-11(13-12)10-7-5-9(2)6-8-10/h9-11,13H,3-8,12H2,1-2H3. The summed E-state index contributed by atoms with van der Waals surface area (Å²) in [5.41, 5.74) is 2.99. The lowest BCUT2D eigenvalue weighted by Gasteiger charge is -2.32. The minimum Gasteiger partial charge on any atom is -0.271 e. The van der Waals surface area contributed by atoms with Crippen molar-refractivity contribution in [1.82, 2.24) is 5.43 Å². The molecule has 0 bridgehead atoms. The van der Waals surface area contributed by atoms with Gasteiger partial charge in [-0.1, -0.05) is 33.1 Å². The van der Waals surface area contributed by atoms with Crippen LogP contribution in [0, 0.1) is 11.8 Å². The van der Waals surface area contributed by atoms with Gasteiger partial charge in [-0.15, -0.1) is 0 Å². The molecule has 0 aliphatic heterocycles. The van der Waals surface area contributed by atoms with E-state index in [2.05, 4.69) is 19.3 Å². The Hall–Kier alpha value is -0.0800. The number of nitrogens with one attached hydrogen (secondary N) is 1. The molecule has 1 rings (SSSR count). The zero-order valence-corrected chi connectivity index (χ0v) is 9.05. The van der Waals surface area contributed by atoms with Gasteiger partial charge in [0.2, 0.25) is 0 Å². The second kappa shape index (κ2) is 5.61. The molecule has 0 aromatic rings. The fourth-order valence-corrected chi connectivity index (χ4v) is 2.45. The Bertz CT molecular complexity index is 128. The molecule has 1 atom stereocenters. The summed E-state index contributed by atoms with van der Waals surface area (Å²) in [6.45, 7) is 4.59. The molecular weight excluding hydrogens is 160 g/mol. The van der Waals surface area contributed by atoms with E-state index in [1.807, 2.05) is 0 Å². The molecule has 0 saturated heterocycles. The van der Waals surface area contributed by atoms with Crippen LogP contribution in [0.4, 0.5) is 0 Å². The first-order valence-electron chi connectivity index (χ1n) is 5.74. The summed E-state index contributed by atoms with van der Waals surface area (Å²) >= 11 is 0. The largest absolute Gasteiger partial charge is 0.271 e. The van der Waals surface area contributed by atoms with Crippen molar-refractivity contribution in [3.05, 3.63) is 0 Å². The Morgan fingerprint density at radius 2 is 1.92 bits per heavy atom. The Kier molecular flexibility index (Phi) is 4.74. The Morgan fingerprint density at radius 1 is 1.31 bits per heavy atom. The van der Waals surface area contributed by atoms with Crippen molar-refractivity contribution in [3.8, 4) is 0 Å². The van der Waals surface area contributed by atoms with Crippen molar-refractivity contribution in [2.75, 3.05) is 0 Å². The Labute approximate surface area is 82.2 Å². The van der Waals surface area contributed by atoms with Gasteiger partial charge in [-0.3, -0.25) is 11.3 Å². The van der Waals surface area contributed by atoms with Gasteiger partial charge in [0, 0.05) is 6.04 Å². The second-order valence-corrected chi connectivity index (χ2v) is 4.58. The summed E-state index contributed by atoms with van der Waals surface area (Å²) in [5, 5.41) is 0. The molecule has 1 unspecified atom stereocenters. The van der Waals surface area contributed by atoms with Crippen LogP contribution in [0.2, 0.25) is 0 Å². The zero-order chi connectivity index (χ0) is 9.68. The van der Waals surface area contributed by atoms with E-state index in [4.69, 9.17) is 5.84 Å². The third kappa shape index (κ3) is 3.28. The minimum atomic E-state index is 0.567. The first kappa shape index (κ1) is 11.0. The monoisotopic (exact) mass is 184 g/mol. The summed E-state index contributed by atoms with van der Waals surface area (Å²) in [5.74, 6) is 7.35. The van der Waals surface area contributed by atoms with Gasteiger partial charge in [-0.25, -0.2) is 0 Å². The van der Waals surface area contributed by atoms with E-state index in [-0.39, 0.29) is 0 Å². The maximum Gasteiger partial charge on any atom is 0.0238 e. The highest BCUT2D eigenvalue weighted by molar-refractivity contribution is 4.79. The second-order valence-electron chi connectivity index (χ2n) is 4.58. The number of hydrogen-bond donors (Lipinski definition) is 2. The first-order chi connectivity index (χ1) is 6.27. The van der Waals surface area contributed by atoms with Gasteiger partial charge in [0.15, 0.2) is 0 Å². The third-order valence-corrected chi connectivity index (χ3v) is 3.44. The molecule has 0 radical (unpaired) electrons. The fraction of sp³-hybridized carbons (Fsp3) is 1.00. The highest BCUT2D eigenvalue weighted by Gasteiger charge is 2.24. The lowest BCUT2D eigenvalue weighted by molar-refractivity contribution is 0.222. The average molecular weight is 184 g/mol. The maximum absolute atomic E-state index is 5.57. The van der Waals surface area contributed by atoms with Crippen LogP contribution < -0.4 is 11.3 Å². The molecule has 2 heteroatoms. The number of hydrazine groups is 1. The van der Waals surface area contributed by atoms with Crippen LogP contribution in [0.1, 0.15) is 52.4 Å². The lowest BCUT2D eigenvalue weighted by atomic mass is 9.78. The van der Waals surface area contributed by atoms with Gasteiger partial charge in [0.05, 0.1) is 0 Å². The van der Waals surface area contributed by atoms with Gasteiger partial charge < -0.3 is 0 Å². The maximum atomic E-state index is 5.57. The van der Waals surface area contributed by atoms with E-state index in [0.717, 1.165) is 11.8 Å². The predicted octanol–water partition coefficient (Wildman–Crippen LogP) is 2.44. The third-order valence-electron chi connectivity index (χ3n) is 3.44. The molecule has 0 spiro atoms. The average Bonchev–Trinajstić information content (AvgIpc) is 2.16. The van der Waals surface area contributed by atoms with E-state index in [9.17, 15) is 0 Å². The van der Waals surface area contributed by atoms with Gasteiger partial charge in [-0.2, -0.15) is 0 Å². The van der Waals surface area contributed by atoms with Crippen LogP contribution in [-0.2, 0) is 0 Å². The van der Waals surface area contributed by atoms with Crippen molar-refractivity contribution in [1.29, 1.82) is 0 Å². The fourth-order valence-electron chi connectivity index (χ4n) is 2.45. The summed E-state index contributed by atoms with van der Waals surface area (Å²) in [6, 6.07) is 0.567. The van der Waals surface area contributed by atoms with E-state index in [1.54, 1.807) is 0 Å². The number of nitrogens with two attached hydrogens (primary N) is 1. The van der Waals surface area contributed by atoms with Crippen molar-refractivity contribution < 1.29 is 0 Å². The predicted molar refractivity (Wildman–Crippen MR) is 57.1 cm³/mol. The van der Waals surface area contributed by atoms with Gasteiger partial charge in [-0.05, 0) is 31.1 Å². The molecule has 2 nitrogen and oxygen atoms in total. The SMILES string of the molecule is CCCC(NN)C1CCC(C)CC1. The van der Waals surface area contributed by atoms with Crippen LogP contribution in [0.3, 0.4) is 0 Å². The van der Waals surface area contributed by atoms with Crippen LogP contribution in [-0.4, -0.2) is 6.04 Å². The molecule has 0 amide bonds. The number of rotatable bonds is 4. The molecule has 1 fully saturated rings. The minimum absolute atomic E-state index is 0.567. The topological polar surface area (TPSA) is 38.0 Å². The quantitative estimate of drug-likeness (QED) is 0.520. The van der Waals surface area contributed by atoms with Crippen molar-refractivity contribution in [2.45, 2.75) is 58.4 Å². The molecule has 0 aromatic heterocycles. The summed E-state index contributed by atoms with van der Waals surface area (Å²) in [6.07, 6.45) is 8.00. The summed E-state index contributed by atoms with van der Waals surface area (Å²) < 4.78 is 0. The van der Waals surface area contributed by atoms with Crippen LogP contribution in [0.25, 0.3) is 0 Å². The molecule has 0 aromatic carbocycles. The van der Waals surface area contributed by atoms with Crippen LogP contribution >= 0.6 is 0 Å². The van der Waals surface area contributed by atoms with E-state index >= 15 is 0 Å². The molecule has 1 saturated carbocycles.